The van der Waals surface area contributed by atoms with Crippen LogP contribution in [-0.4, -0.2) is 61.1 Å². The Labute approximate surface area is 222 Å². The maximum atomic E-state index is 12.0. The molecule has 0 aliphatic carbocycles. The van der Waals surface area contributed by atoms with Crippen LogP contribution in [0, 0.1) is 5.41 Å². The summed E-state index contributed by atoms with van der Waals surface area (Å²) in [6.45, 7) is 8.18. The number of rotatable bonds is 5. The average Bonchev–Trinajstić information content (AvgIpc) is 3.35. The number of carboxylic acid groups (broad SMARTS) is 1. The largest absolute Gasteiger partial charge is 0.465 e. The summed E-state index contributed by atoms with van der Waals surface area (Å²) in [6, 6.07) is 5.81. The van der Waals surface area contributed by atoms with E-state index in [2.05, 4.69) is 42.0 Å². The Bertz CT molecular complexity index is 1250. The molecule has 5 rings (SSSR count). The Kier molecular flexibility index (Phi) is 7.27. The zero-order valence-corrected chi connectivity index (χ0v) is 22.4. The number of hydrogen-bond donors (Lipinski definition) is 1. The molecule has 2 aliphatic heterocycles. The summed E-state index contributed by atoms with van der Waals surface area (Å²) >= 11 is 6.17. The molecule has 9 nitrogen and oxygen atoms in total. The molecule has 2 fully saturated rings. The number of anilines is 1. The van der Waals surface area contributed by atoms with E-state index in [0.717, 1.165) is 54.6 Å². The minimum absolute atomic E-state index is 0.0199. The van der Waals surface area contributed by atoms with E-state index in [-0.39, 0.29) is 23.7 Å². The number of fused-ring (bicyclic) bond motifs is 1. The van der Waals surface area contributed by atoms with Crippen LogP contribution in [-0.2, 0) is 11.3 Å². The number of halogens is 1. The molecule has 37 heavy (non-hydrogen) atoms. The first kappa shape index (κ1) is 25.7. The average molecular weight is 527 g/mol. The van der Waals surface area contributed by atoms with E-state index >= 15 is 0 Å². The van der Waals surface area contributed by atoms with Crippen molar-refractivity contribution in [2.24, 2.45) is 5.41 Å². The molecule has 1 amide bonds. The van der Waals surface area contributed by atoms with Crippen LogP contribution in [0.3, 0.4) is 0 Å². The van der Waals surface area contributed by atoms with Crippen LogP contribution < -0.4 is 4.90 Å². The van der Waals surface area contributed by atoms with Gasteiger partial charge in [0.2, 0.25) is 0 Å². The lowest BCUT2D eigenvalue weighted by Crippen LogP contribution is -2.56. The summed E-state index contributed by atoms with van der Waals surface area (Å²) in [6.07, 6.45) is 9.45. The molecule has 3 unspecified atom stereocenters. The third kappa shape index (κ3) is 5.67. The van der Waals surface area contributed by atoms with E-state index in [0.29, 0.717) is 24.7 Å². The highest BCUT2D eigenvalue weighted by Crippen LogP contribution is 2.36. The van der Waals surface area contributed by atoms with Crippen molar-refractivity contribution in [2.45, 2.75) is 77.7 Å². The molecular formula is C27H35ClN6O3. The first-order valence-electron chi connectivity index (χ1n) is 13.0. The van der Waals surface area contributed by atoms with Crippen molar-refractivity contribution in [3.05, 3.63) is 47.5 Å². The molecule has 10 heteroatoms. The molecule has 0 radical (unpaired) electrons. The van der Waals surface area contributed by atoms with Crippen LogP contribution >= 0.6 is 11.6 Å². The number of carbonyl (C=O) groups is 1. The second-order valence-corrected chi connectivity index (χ2v) is 11.6. The molecule has 198 valence electrons. The van der Waals surface area contributed by atoms with Gasteiger partial charge in [-0.2, -0.15) is 5.10 Å². The highest BCUT2D eigenvalue weighted by atomic mass is 35.5. The quantitative estimate of drug-likeness (QED) is 0.423. The highest BCUT2D eigenvalue weighted by molar-refractivity contribution is 6.30. The minimum Gasteiger partial charge on any atom is -0.465 e. The lowest BCUT2D eigenvalue weighted by Gasteiger charge is -2.47. The summed E-state index contributed by atoms with van der Waals surface area (Å²) in [5.41, 5.74) is 1.66. The number of aromatic nitrogens is 4. The van der Waals surface area contributed by atoms with E-state index in [4.69, 9.17) is 21.3 Å². The molecule has 0 spiro atoms. The normalized spacial score (nSPS) is 22.8. The molecule has 5 heterocycles. The number of ether oxygens (including phenoxy) is 1. The number of likely N-dealkylation sites (tertiary alicyclic amines) is 1. The summed E-state index contributed by atoms with van der Waals surface area (Å²) < 4.78 is 7.85. The van der Waals surface area contributed by atoms with Crippen LogP contribution in [0.15, 0.2) is 36.8 Å². The standard InChI is InChI=1S/C27H35ClN6O3/c1-27(2,3)22-12-20(9-10-32(22)26(35)36)33(24-8-7-19-15-29-23(28)13-21(19)31-24)16-18-14-30-34(17-18)25-6-4-5-11-37-25/h7-8,13-15,17,20,22,25H,4-6,9-12,16H2,1-3H3,(H,35,36). The van der Waals surface area contributed by atoms with Gasteiger partial charge in [-0.15, -0.1) is 0 Å². The van der Waals surface area contributed by atoms with Gasteiger partial charge in [0.1, 0.15) is 17.2 Å². The summed E-state index contributed by atoms with van der Waals surface area (Å²) in [5, 5.41) is 15.8. The fourth-order valence-electron chi connectivity index (χ4n) is 5.56. The Morgan fingerprint density at radius 3 is 2.81 bits per heavy atom. The molecule has 0 aromatic carbocycles. The Hall–Kier alpha value is -2.91. The Morgan fingerprint density at radius 2 is 2.08 bits per heavy atom. The van der Waals surface area contributed by atoms with E-state index in [1.165, 1.54) is 0 Å². The Morgan fingerprint density at radius 1 is 1.24 bits per heavy atom. The van der Waals surface area contributed by atoms with Crippen molar-refractivity contribution in [1.82, 2.24) is 24.6 Å². The maximum absolute atomic E-state index is 12.0. The van der Waals surface area contributed by atoms with Crippen LogP contribution in [0.1, 0.15) is 64.7 Å². The van der Waals surface area contributed by atoms with E-state index in [1.807, 2.05) is 23.0 Å². The minimum atomic E-state index is -0.857. The van der Waals surface area contributed by atoms with Gasteiger partial charge in [-0.25, -0.2) is 19.4 Å². The van der Waals surface area contributed by atoms with Crippen molar-refractivity contribution in [3.63, 3.8) is 0 Å². The molecule has 3 aromatic rings. The zero-order valence-electron chi connectivity index (χ0n) is 21.7. The summed E-state index contributed by atoms with van der Waals surface area (Å²) in [7, 11) is 0. The zero-order chi connectivity index (χ0) is 26.2. The predicted octanol–water partition coefficient (Wildman–Crippen LogP) is 5.74. The van der Waals surface area contributed by atoms with Gasteiger partial charge in [-0.05, 0) is 49.7 Å². The maximum Gasteiger partial charge on any atom is 0.407 e. The summed E-state index contributed by atoms with van der Waals surface area (Å²) in [5.74, 6) is 0.831. The second-order valence-electron chi connectivity index (χ2n) is 11.2. The van der Waals surface area contributed by atoms with Gasteiger partial charge in [0.05, 0.1) is 11.7 Å². The van der Waals surface area contributed by atoms with Gasteiger partial charge in [0, 0.05) is 61.2 Å². The number of piperidine rings is 1. The third-order valence-corrected chi connectivity index (χ3v) is 7.75. The van der Waals surface area contributed by atoms with E-state index < -0.39 is 6.09 Å². The fraction of sp³-hybridized carbons (Fsp3) is 0.556. The lowest BCUT2D eigenvalue weighted by molar-refractivity contribution is -0.0395. The van der Waals surface area contributed by atoms with Crippen LogP contribution in [0.4, 0.5) is 10.6 Å². The van der Waals surface area contributed by atoms with E-state index in [9.17, 15) is 9.90 Å². The van der Waals surface area contributed by atoms with Crippen molar-refractivity contribution in [1.29, 1.82) is 0 Å². The topological polar surface area (TPSA) is 96.6 Å². The van der Waals surface area contributed by atoms with Gasteiger partial charge in [-0.1, -0.05) is 32.4 Å². The number of hydrogen-bond acceptors (Lipinski definition) is 6. The van der Waals surface area contributed by atoms with Crippen LogP contribution in [0.25, 0.3) is 10.9 Å². The first-order chi connectivity index (χ1) is 17.7. The molecule has 1 N–H and O–H groups in total. The van der Waals surface area contributed by atoms with Gasteiger partial charge < -0.3 is 19.6 Å². The van der Waals surface area contributed by atoms with Crippen molar-refractivity contribution >= 4 is 34.4 Å². The molecule has 2 aliphatic rings. The smallest absolute Gasteiger partial charge is 0.407 e. The predicted molar refractivity (Wildman–Crippen MR) is 143 cm³/mol. The molecule has 3 atom stereocenters. The van der Waals surface area contributed by atoms with E-state index in [1.54, 1.807) is 17.2 Å². The molecular weight excluding hydrogens is 492 g/mol. The van der Waals surface area contributed by atoms with Crippen molar-refractivity contribution in [3.8, 4) is 0 Å². The van der Waals surface area contributed by atoms with Crippen LogP contribution in [0.5, 0.6) is 0 Å². The first-order valence-corrected chi connectivity index (χ1v) is 13.4. The number of nitrogens with zero attached hydrogens (tertiary/aromatic N) is 6. The number of amides is 1. The molecule has 3 aromatic heterocycles. The Balaban J connectivity index is 1.48. The van der Waals surface area contributed by atoms with Crippen molar-refractivity contribution < 1.29 is 14.6 Å². The van der Waals surface area contributed by atoms with Gasteiger partial charge in [0.15, 0.2) is 0 Å². The SMILES string of the molecule is CC(C)(C)C1CC(N(Cc2cnn(C3CCCCO3)c2)c2ccc3cnc(Cl)cc3n2)CCN1C(=O)O. The van der Waals surface area contributed by atoms with Gasteiger partial charge >= 0.3 is 6.09 Å². The number of pyridine rings is 2. The van der Waals surface area contributed by atoms with Gasteiger partial charge in [-0.3, -0.25) is 0 Å². The second kappa shape index (κ2) is 10.5. The monoisotopic (exact) mass is 526 g/mol. The molecule has 0 saturated carbocycles. The third-order valence-electron chi connectivity index (χ3n) is 7.54. The van der Waals surface area contributed by atoms with Gasteiger partial charge in [0.25, 0.3) is 0 Å². The highest BCUT2D eigenvalue weighted by Gasteiger charge is 2.40. The fourth-order valence-corrected chi connectivity index (χ4v) is 5.72. The molecule has 2 saturated heterocycles. The van der Waals surface area contributed by atoms with Crippen LogP contribution in [0.2, 0.25) is 5.15 Å². The summed E-state index contributed by atoms with van der Waals surface area (Å²) in [4.78, 5) is 25.1. The van der Waals surface area contributed by atoms with Crippen molar-refractivity contribution in [2.75, 3.05) is 18.1 Å². The molecule has 0 bridgehead atoms. The lowest BCUT2D eigenvalue weighted by atomic mass is 9.79.